The van der Waals surface area contributed by atoms with Crippen molar-refractivity contribution in [1.29, 1.82) is 0 Å². The molecule has 6 heteroatoms. The number of carbonyl (C=O) groups is 1. The molecule has 2 aromatic carbocycles. The maximum Gasteiger partial charge on any atom is 0.203 e. The van der Waals surface area contributed by atoms with E-state index in [1.165, 1.54) is 27.4 Å². The van der Waals surface area contributed by atoms with E-state index in [0.717, 1.165) is 0 Å². The van der Waals surface area contributed by atoms with Gasteiger partial charge in [-0.15, -0.1) is 0 Å². The third-order valence-corrected chi connectivity index (χ3v) is 4.56. The summed E-state index contributed by atoms with van der Waals surface area (Å²) in [7, 11) is 4.52. The van der Waals surface area contributed by atoms with Crippen LogP contribution in [0, 0.1) is 5.82 Å². The number of halogens is 1. The maximum atomic E-state index is 14.3. The Morgan fingerprint density at radius 2 is 1.77 bits per heavy atom. The quantitative estimate of drug-likeness (QED) is 0.780. The molecule has 0 aromatic heterocycles. The summed E-state index contributed by atoms with van der Waals surface area (Å²) in [5.74, 6) is 0.655. The number of hydrogen-bond acceptors (Lipinski definition) is 5. The number of fused-ring (bicyclic) bond motifs is 1. The van der Waals surface area contributed by atoms with Crippen molar-refractivity contribution in [2.24, 2.45) is 0 Å². The Morgan fingerprint density at radius 1 is 1.04 bits per heavy atom. The van der Waals surface area contributed by atoms with Crippen LogP contribution in [0.15, 0.2) is 24.3 Å². The van der Waals surface area contributed by atoms with Crippen LogP contribution in [0.4, 0.5) is 4.39 Å². The molecule has 0 N–H and O–H groups in total. The number of benzene rings is 2. The maximum absolute atomic E-state index is 14.3. The minimum absolute atomic E-state index is 0.0430. The molecule has 0 radical (unpaired) electrons. The van der Waals surface area contributed by atoms with Crippen LogP contribution in [0.5, 0.6) is 23.0 Å². The second kappa shape index (κ2) is 7.23. The van der Waals surface area contributed by atoms with Gasteiger partial charge in [-0.2, -0.15) is 0 Å². The van der Waals surface area contributed by atoms with E-state index in [-0.39, 0.29) is 23.9 Å². The molecule has 2 aromatic rings. The lowest BCUT2D eigenvalue weighted by Gasteiger charge is -2.19. The van der Waals surface area contributed by atoms with Crippen LogP contribution >= 0.6 is 0 Å². The number of rotatable bonds is 6. The zero-order chi connectivity index (χ0) is 18.8. The van der Waals surface area contributed by atoms with Gasteiger partial charge in [0.05, 0.1) is 27.9 Å². The van der Waals surface area contributed by atoms with Crippen LogP contribution in [0.25, 0.3) is 0 Å². The molecule has 0 saturated carbocycles. The summed E-state index contributed by atoms with van der Waals surface area (Å²) >= 11 is 0. The predicted octanol–water partition coefficient (Wildman–Crippen LogP) is 3.97. The molecule has 0 saturated heterocycles. The summed E-state index contributed by atoms with van der Waals surface area (Å²) in [6.45, 7) is 2.18. The van der Waals surface area contributed by atoms with Crippen molar-refractivity contribution in [3.05, 3.63) is 46.8 Å². The Labute approximate surface area is 151 Å². The lowest BCUT2D eigenvalue weighted by Crippen LogP contribution is -2.04. The molecule has 0 unspecified atom stereocenters. The van der Waals surface area contributed by atoms with Crippen LogP contribution in [0.1, 0.15) is 40.7 Å². The first-order chi connectivity index (χ1) is 12.5. The molecule has 0 spiro atoms. The van der Waals surface area contributed by atoms with Crippen LogP contribution in [0.3, 0.4) is 0 Å². The van der Waals surface area contributed by atoms with Crippen LogP contribution in [-0.4, -0.2) is 33.7 Å². The van der Waals surface area contributed by atoms with Crippen LogP contribution in [-0.2, 0) is 0 Å². The van der Waals surface area contributed by atoms with Gasteiger partial charge in [-0.1, -0.05) is 6.07 Å². The molecule has 5 nitrogen and oxygen atoms in total. The largest absolute Gasteiger partial charge is 0.493 e. The van der Waals surface area contributed by atoms with Gasteiger partial charge in [0.2, 0.25) is 5.75 Å². The first kappa shape index (κ1) is 18.0. The molecule has 138 valence electrons. The van der Waals surface area contributed by atoms with Gasteiger partial charge >= 0.3 is 0 Å². The van der Waals surface area contributed by atoms with E-state index < -0.39 is 5.82 Å². The normalized spacial score (nSPS) is 15.6. The predicted molar refractivity (Wildman–Crippen MR) is 94.5 cm³/mol. The zero-order valence-corrected chi connectivity index (χ0v) is 15.2. The lowest BCUT2D eigenvalue weighted by molar-refractivity contribution is 0.0991. The van der Waals surface area contributed by atoms with Gasteiger partial charge in [-0.25, -0.2) is 4.39 Å². The summed E-state index contributed by atoms with van der Waals surface area (Å²) in [6, 6.07) is 6.43. The minimum Gasteiger partial charge on any atom is -0.493 e. The zero-order valence-electron chi connectivity index (χ0n) is 15.2. The third kappa shape index (κ3) is 2.85. The SMILES string of the molecule is CCOc1ccc([C@@H]2CC(=O)c3cc(OC)c(OC)c(OC)c32)cc1F. The van der Waals surface area contributed by atoms with E-state index >= 15 is 0 Å². The fourth-order valence-electron chi connectivity index (χ4n) is 3.44. The van der Waals surface area contributed by atoms with Crippen LogP contribution < -0.4 is 18.9 Å². The lowest BCUT2D eigenvalue weighted by atomic mass is 9.91. The molecule has 1 atom stereocenters. The van der Waals surface area contributed by atoms with Crippen LogP contribution in [0.2, 0.25) is 0 Å². The molecule has 0 amide bonds. The Hall–Kier alpha value is -2.76. The number of hydrogen-bond donors (Lipinski definition) is 0. The second-order valence-corrected chi connectivity index (χ2v) is 5.91. The van der Waals surface area contributed by atoms with E-state index in [1.54, 1.807) is 25.1 Å². The van der Waals surface area contributed by atoms with E-state index in [9.17, 15) is 9.18 Å². The molecular formula is C20H21FO5. The highest BCUT2D eigenvalue weighted by Gasteiger charge is 2.37. The van der Waals surface area contributed by atoms with Gasteiger partial charge in [-0.05, 0) is 30.7 Å². The minimum atomic E-state index is -0.454. The van der Waals surface area contributed by atoms with E-state index in [0.29, 0.717) is 40.5 Å². The molecule has 0 fully saturated rings. The molecule has 0 heterocycles. The number of carbonyl (C=O) groups excluding carboxylic acids is 1. The van der Waals surface area contributed by atoms with E-state index in [2.05, 4.69) is 0 Å². The van der Waals surface area contributed by atoms with Crippen molar-refractivity contribution < 1.29 is 28.1 Å². The van der Waals surface area contributed by atoms with Gasteiger partial charge in [0.15, 0.2) is 28.8 Å². The van der Waals surface area contributed by atoms with Gasteiger partial charge in [-0.3, -0.25) is 4.79 Å². The smallest absolute Gasteiger partial charge is 0.203 e. The summed E-state index contributed by atoms with van der Waals surface area (Å²) in [4.78, 5) is 12.6. The first-order valence-corrected chi connectivity index (χ1v) is 8.33. The fraction of sp³-hybridized carbons (Fsp3) is 0.350. The number of ketones is 1. The number of ether oxygens (including phenoxy) is 4. The highest BCUT2D eigenvalue weighted by atomic mass is 19.1. The van der Waals surface area contributed by atoms with Crippen molar-refractivity contribution in [3.63, 3.8) is 0 Å². The highest BCUT2D eigenvalue weighted by molar-refractivity contribution is 6.03. The molecule has 0 bridgehead atoms. The molecular weight excluding hydrogens is 339 g/mol. The van der Waals surface area contributed by atoms with Crippen molar-refractivity contribution in [1.82, 2.24) is 0 Å². The van der Waals surface area contributed by atoms with Gasteiger partial charge in [0.25, 0.3) is 0 Å². The van der Waals surface area contributed by atoms with Gasteiger partial charge < -0.3 is 18.9 Å². The Morgan fingerprint density at radius 3 is 2.35 bits per heavy atom. The number of methoxy groups -OCH3 is 3. The molecule has 0 aliphatic heterocycles. The number of Topliss-reactive ketones (excluding diaryl/α,β-unsaturated/α-hetero) is 1. The summed E-state index contributed by atoms with van der Waals surface area (Å²) in [5, 5.41) is 0. The van der Waals surface area contributed by atoms with E-state index in [1.807, 2.05) is 0 Å². The standard InChI is InChI=1S/C20H21FO5/c1-5-26-16-7-6-11(8-14(16)21)12-9-15(22)13-10-17(23-2)19(24-3)20(25-4)18(12)13/h6-8,10,12H,5,9H2,1-4H3/t12-/m0/s1. The monoisotopic (exact) mass is 360 g/mol. The molecule has 3 rings (SSSR count). The topological polar surface area (TPSA) is 54.0 Å². The third-order valence-electron chi connectivity index (χ3n) is 4.56. The van der Waals surface area contributed by atoms with Crippen molar-refractivity contribution in [2.45, 2.75) is 19.3 Å². The summed E-state index contributed by atoms with van der Waals surface area (Å²) in [6.07, 6.45) is 0.232. The molecule has 26 heavy (non-hydrogen) atoms. The van der Waals surface area contributed by atoms with Crippen molar-refractivity contribution >= 4 is 5.78 Å². The van der Waals surface area contributed by atoms with Crippen molar-refractivity contribution in [2.75, 3.05) is 27.9 Å². The fourth-order valence-corrected chi connectivity index (χ4v) is 3.44. The van der Waals surface area contributed by atoms with Gasteiger partial charge in [0, 0.05) is 23.5 Å². The Bertz CT molecular complexity index is 847. The van der Waals surface area contributed by atoms with Gasteiger partial charge in [0.1, 0.15) is 0 Å². The Kier molecular flexibility index (Phi) is 5.02. The Balaban J connectivity index is 2.15. The average molecular weight is 360 g/mol. The second-order valence-electron chi connectivity index (χ2n) is 5.91. The molecule has 1 aliphatic carbocycles. The average Bonchev–Trinajstić information content (AvgIpc) is 2.98. The van der Waals surface area contributed by atoms with E-state index in [4.69, 9.17) is 18.9 Å². The molecule has 1 aliphatic rings. The summed E-state index contributed by atoms with van der Waals surface area (Å²) < 4.78 is 35.9. The summed E-state index contributed by atoms with van der Waals surface area (Å²) in [5.41, 5.74) is 1.89. The van der Waals surface area contributed by atoms with Crippen molar-refractivity contribution in [3.8, 4) is 23.0 Å². The highest BCUT2D eigenvalue weighted by Crippen LogP contribution is 2.51. The first-order valence-electron chi connectivity index (χ1n) is 8.33.